The minimum absolute atomic E-state index is 0.111. The second-order valence-electron chi connectivity index (χ2n) is 5.00. The molecule has 0 aliphatic carbocycles. The Balaban J connectivity index is 2.34. The molecule has 1 N–H and O–H groups in total. The van der Waals surface area contributed by atoms with Gasteiger partial charge in [-0.3, -0.25) is 9.13 Å². The summed E-state index contributed by atoms with van der Waals surface area (Å²) in [7, 11) is 1.86. The zero-order chi connectivity index (χ0) is 12.7. The standard InChI is InChI=1S/C14H19N3O/c1-3-10-5-4-6-12-13(10)17(14(18)16(12)2)11-7-8-15-9-11/h4-6,11,15H,3,7-9H2,1-2H3. The van der Waals surface area contributed by atoms with Gasteiger partial charge in [-0.15, -0.1) is 0 Å². The van der Waals surface area contributed by atoms with Crippen LogP contribution in [0.15, 0.2) is 23.0 Å². The fraction of sp³-hybridized carbons (Fsp3) is 0.500. The van der Waals surface area contributed by atoms with Gasteiger partial charge >= 0.3 is 5.69 Å². The number of hydrogen-bond donors (Lipinski definition) is 1. The number of benzene rings is 1. The summed E-state index contributed by atoms with van der Waals surface area (Å²) >= 11 is 0. The molecule has 3 rings (SSSR count). The van der Waals surface area contributed by atoms with Gasteiger partial charge in [0.15, 0.2) is 0 Å². The minimum Gasteiger partial charge on any atom is -0.315 e. The van der Waals surface area contributed by atoms with Gasteiger partial charge in [0.2, 0.25) is 0 Å². The van der Waals surface area contributed by atoms with Crippen molar-refractivity contribution in [3.05, 3.63) is 34.2 Å². The first kappa shape index (κ1) is 11.5. The van der Waals surface area contributed by atoms with Crippen molar-refractivity contribution in [1.29, 1.82) is 0 Å². The van der Waals surface area contributed by atoms with Gasteiger partial charge in [-0.2, -0.15) is 0 Å². The van der Waals surface area contributed by atoms with Crippen LogP contribution in [-0.4, -0.2) is 22.2 Å². The molecule has 4 heteroatoms. The molecule has 18 heavy (non-hydrogen) atoms. The molecular weight excluding hydrogens is 226 g/mol. The summed E-state index contributed by atoms with van der Waals surface area (Å²) in [6.07, 6.45) is 2.00. The third kappa shape index (κ3) is 1.52. The molecule has 4 nitrogen and oxygen atoms in total. The van der Waals surface area contributed by atoms with E-state index in [-0.39, 0.29) is 5.69 Å². The molecule has 1 atom stereocenters. The highest BCUT2D eigenvalue weighted by molar-refractivity contribution is 5.80. The van der Waals surface area contributed by atoms with Crippen LogP contribution < -0.4 is 11.0 Å². The third-order valence-electron chi connectivity index (χ3n) is 3.97. The van der Waals surface area contributed by atoms with E-state index in [4.69, 9.17) is 0 Å². The Morgan fingerprint density at radius 3 is 2.94 bits per heavy atom. The molecular formula is C14H19N3O. The zero-order valence-corrected chi connectivity index (χ0v) is 10.9. The third-order valence-corrected chi connectivity index (χ3v) is 3.97. The average molecular weight is 245 g/mol. The van der Waals surface area contributed by atoms with Gasteiger partial charge in [-0.25, -0.2) is 4.79 Å². The molecule has 0 radical (unpaired) electrons. The quantitative estimate of drug-likeness (QED) is 0.869. The normalized spacial score (nSPS) is 19.8. The topological polar surface area (TPSA) is 39.0 Å². The maximum atomic E-state index is 12.4. The molecule has 1 aromatic carbocycles. The molecule has 96 valence electrons. The van der Waals surface area contributed by atoms with E-state index in [2.05, 4.69) is 18.3 Å². The Kier molecular flexibility index (Phi) is 2.74. The smallest absolute Gasteiger partial charge is 0.315 e. The molecule has 0 bridgehead atoms. The predicted octanol–water partition coefficient (Wildman–Crippen LogP) is 1.44. The first-order valence-electron chi connectivity index (χ1n) is 6.63. The van der Waals surface area contributed by atoms with Gasteiger partial charge in [-0.1, -0.05) is 19.1 Å². The van der Waals surface area contributed by atoms with Crippen molar-refractivity contribution in [2.24, 2.45) is 7.05 Å². The highest BCUT2D eigenvalue weighted by atomic mass is 16.1. The molecule has 0 saturated carbocycles. The summed E-state index contributed by atoms with van der Waals surface area (Å²) in [5.74, 6) is 0. The van der Waals surface area contributed by atoms with Crippen LogP contribution in [-0.2, 0) is 13.5 Å². The Hall–Kier alpha value is -1.55. The Bertz CT molecular complexity index is 632. The Morgan fingerprint density at radius 1 is 1.44 bits per heavy atom. The lowest BCUT2D eigenvalue weighted by molar-refractivity contribution is 0.534. The Labute approximate surface area is 106 Å². The van der Waals surface area contributed by atoms with Crippen LogP contribution in [0.1, 0.15) is 24.9 Å². The molecule has 2 heterocycles. The van der Waals surface area contributed by atoms with Crippen molar-refractivity contribution in [1.82, 2.24) is 14.5 Å². The second-order valence-corrected chi connectivity index (χ2v) is 5.00. The summed E-state index contributed by atoms with van der Waals surface area (Å²) < 4.78 is 3.76. The van der Waals surface area contributed by atoms with E-state index in [1.54, 1.807) is 4.57 Å². The first-order chi connectivity index (χ1) is 8.74. The maximum Gasteiger partial charge on any atom is 0.329 e. The van der Waals surface area contributed by atoms with Crippen molar-refractivity contribution in [2.45, 2.75) is 25.8 Å². The molecule has 1 fully saturated rings. The van der Waals surface area contributed by atoms with Gasteiger partial charge in [0.1, 0.15) is 0 Å². The molecule has 1 saturated heterocycles. The van der Waals surface area contributed by atoms with Crippen molar-refractivity contribution in [2.75, 3.05) is 13.1 Å². The van der Waals surface area contributed by atoms with Crippen LogP contribution in [0.2, 0.25) is 0 Å². The largest absolute Gasteiger partial charge is 0.329 e. The number of imidazole rings is 1. The first-order valence-corrected chi connectivity index (χ1v) is 6.63. The lowest BCUT2D eigenvalue weighted by Crippen LogP contribution is -2.27. The zero-order valence-electron chi connectivity index (χ0n) is 10.9. The molecule has 2 aromatic rings. The monoisotopic (exact) mass is 245 g/mol. The average Bonchev–Trinajstić information content (AvgIpc) is 2.98. The van der Waals surface area contributed by atoms with Crippen molar-refractivity contribution < 1.29 is 0 Å². The molecule has 1 aliphatic rings. The Morgan fingerprint density at radius 2 is 2.28 bits per heavy atom. The molecule has 1 unspecified atom stereocenters. The van der Waals surface area contributed by atoms with Gasteiger partial charge < -0.3 is 5.32 Å². The van der Waals surface area contributed by atoms with Crippen molar-refractivity contribution in [3.63, 3.8) is 0 Å². The summed E-state index contributed by atoms with van der Waals surface area (Å²) in [4.78, 5) is 12.4. The number of nitrogens with zero attached hydrogens (tertiary/aromatic N) is 2. The van der Waals surface area contributed by atoms with Crippen molar-refractivity contribution >= 4 is 11.0 Å². The molecule has 1 aliphatic heterocycles. The van der Waals surface area contributed by atoms with Gasteiger partial charge in [0.25, 0.3) is 0 Å². The fourth-order valence-corrected chi connectivity index (χ4v) is 2.97. The lowest BCUT2D eigenvalue weighted by atomic mass is 10.1. The van der Waals surface area contributed by atoms with Gasteiger partial charge in [0, 0.05) is 13.6 Å². The van der Waals surface area contributed by atoms with Crippen LogP contribution in [0.4, 0.5) is 0 Å². The van der Waals surface area contributed by atoms with E-state index in [0.29, 0.717) is 6.04 Å². The maximum absolute atomic E-state index is 12.4. The highest BCUT2D eigenvalue weighted by Gasteiger charge is 2.23. The lowest BCUT2D eigenvalue weighted by Gasteiger charge is -2.12. The number of rotatable bonds is 2. The number of aryl methyl sites for hydroxylation is 2. The number of nitrogens with one attached hydrogen (secondary N) is 1. The van der Waals surface area contributed by atoms with Crippen molar-refractivity contribution in [3.8, 4) is 0 Å². The van der Waals surface area contributed by atoms with Gasteiger partial charge in [-0.05, 0) is 31.0 Å². The second kappa shape index (κ2) is 4.28. The van der Waals surface area contributed by atoms with Crippen LogP contribution >= 0.6 is 0 Å². The van der Waals surface area contributed by atoms with Crippen LogP contribution in [0, 0.1) is 0 Å². The van der Waals surface area contributed by atoms with E-state index in [9.17, 15) is 4.79 Å². The summed E-state index contributed by atoms with van der Waals surface area (Å²) in [5.41, 5.74) is 3.55. The van der Waals surface area contributed by atoms with E-state index in [1.165, 1.54) is 5.56 Å². The summed E-state index contributed by atoms with van der Waals surface area (Å²) in [6.45, 7) is 4.04. The summed E-state index contributed by atoms with van der Waals surface area (Å²) in [5, 5.41) is 3.34. The highest BCUT2D eigenvalue weighted by Crippen LogP contribution is 2.24. The summed E-state index contributed by atoms with van der Waals surface area (Å²) in [6, 6.07) is 6.50. The van der Waals surface area contributed by atoms with Crippen LogP contribution in [0.3, 0.4) is 0 Å². The number of fused-ring (bicyclic) bond motifs is 1. The predicted molar refractivity (Wildman–Crippen MR) is 73.1 cm³/mol. The van der Waals surface area contributed by atoms with E-state index >= 15 is 0 Å². The molecule has 1 aromatic heterocycles. The molecule has 0 spiro atoms. The number of para-hydroxylation sites is 1. The van der Waals surface area contributed by atoms with E-state index in [0.717, 1.165) is 37.0 Å². The number of hydrogen-bond acceptors (Lipinski definition) is 2. The molecule has 0 amide bonds. The van der Waals surface area contributed by atoms with Crippen LogP contribution in [0.25, 0.3) is 11.0 Å². The number of aromatic nitrogens is 2. The van der Waals surface area contributed by atoms with E-state index in [1.807, 2.05) is 23.7 Å². The van der Waals surface area contributed by atoms with Gasteiger partial charge in [0.05, 0.1) is 17.1 Å². The minimum atomic E-state index is 0.111. The SMILES string of the molecule is CCc1cccc2c1n(C1CCNC1)c(=O)n2C. The fourth-order valence-electron chi connectivity index (χ4n) is 2.97. The van der Waals surface area contributed by atoms with Crippen LogP contribution in [0.5, 0.6) is 0 Å². The van der Waals surface area contributed by atoms with E-state index < -0.39 is 0 Å².